The number of ether oxygens (including phenoxy) is 2. The van der Waals surface area contributed by atoms with E-state index >= 15 is 0 Å². The summed E-state index contributed by atoms with van der Waals surface area (Å²) in [5.41, 5.74) is 6.39. The van der Waals surface area contributed by atoms with E-state index < -0.39 is 0 Å². The lowest BCUT2D eigenvalue weighted by atomic mass is 10.2. The van der Waals surface area contributed by atoms with Crippen molar-refractivity contribution in [3.8, 4) is 5.75 Å². The van der Waals surface area contributed by atoms with Crippen LogP contribution in [-0.2, 0) is 4.74 Å². The molecule has 0 spiro atoms. The van der Waals surface area contributed by atoms with Gasteiger partial charge in [0.25, 0.3) is 0 Å². The minimum absolute atomic E-state index is 0.387. The fourth-order valence-corrected chi connectivity index (χ4v) is 1.82. The van der Waals surface area contributed by atoms with Crippen LogP contribution in [0.5, 0.6) is 5.75 Å². The van der Waals surface area contributed by atoms with E-state index in [0.717, 1.165) is 24.3 Å². The van der Waals surface area contributed by atoms with Crippen molar-refractivity contribution in [2.24, 2.45) is 5.73 Å². The highest BCUT2D eigenvalue weighted by atomic mass is 32.1. The van der Waals surface area contributed by atoms with E-state index in [1.165, 1.54) is 19.3 Å². The summed E-state index contributed by atoms with van der Waals surface area (Å²) in [6, 6.07) is 7.50. The Labute approximate surface area is 121 Å². The van der Waals surface area contributed by atoms with E-state index in [0.29, 0.717) is 18.2 Å². The molecule has 0 radical (unpaired) electrons. The van der Waals surface area contributed by atoms with Gasteiger partial charge in [0.2, 0.25) is 0 Å². The van der Waals surface area contributed by atoms with Gasteiger partial charge in [0.15, 0.2) is 0 Å². The van der Waals surface area contributed by atoms with Gasteiger partial charge in [0, 0.05) is 12.2 Å². The van der Waals surface area contributed by atoms with Gasteiger partial charge in [-0.15, -0.1) is 0 Å². The molecule has 0 saturated carbocycles. The van der Waals surface area contributed by atoms with Gasteiger partial charge in [0.05, 0.1) is 6.61 Å². The van der Waals surface area contributed by atoms with Crippen molar-refractivity contribution >= 4 is 17.2 Å². The van der Waals surface area contributed by atoms with Crippen molar-refractivity contribution in [3.05, 3.63) is 29.8 Å². The monoisotopic (exact) mass is 281 g/mol. The van der Waals surface area contributed by atoms with Crippen LogP contribution in [0.4, 0.5) is 0 Å². The van der Waals surface area contributed by atoms with Gasteiger partial charge in [0.1, 0.15) is 17.3 Å². The summed E-state index contributed by atoms with van der Waals surface area (Å²) in [6.07, 6.45) is 4.91. The molecule has 106 valence electrons. The van der Waals surface area contributed by atoms with E-state index in [1.54, 1.807) is 0 Å². The number of hydrogen-bond donors (Lipinski definition) is 1. The van der Waals surface area contributed by atoms with Crippen LogP contribution in [0.25, 0.3) is 0 Å². The third-order valence-corrected chi connectivity index (χ3v) is 2.99. The van der Waals surface area contributed by atoms with Crippen LogP contribution in [0.15, 0.2) is 24.3 Å². The van der Waals surface area contributed by atoms with Crippen LogP contribution in [0.3, 0.4) is 0 Å². The zero-order valence-corrected chi connectivity index (χ0v) is 12.4. The first-order valence-electron chi connectivity index (χ1n) is 6.84. The number of unbranched alkanes of at least 4 members (excludes halogenated alkanes) is 3. The van der Waals surface area contributed by atoms with E-state index in [4.69, 9.17) is 27.4 Å². The number of rotatable bonds is 10. The second-order valence-corrected chi connectivity index (χ2v) is 4.85. The van der Waals surface area contributed by atoms with E-state index in [-0.39, 0.29) is 0 Å². The Kier molecular flexibility index (Phi) is 8.18. The van der Waals surface area contributed by atoms with Gasteiger partial charge in [-0.1, -0.05) is 50.5 Å². The van der Waals surface area contributed by atoms with Gasteiger partial charge < -0.3 is 15.2 Å². The van der Waals surface area contributed by atoms with Gasteiger partial charge >= 0.3 is 0 Å². The van der Waals surface area contributed by atoms with Crippen LogP contribution in [0.2, 0.25) is 0 Å². The van der Waals surface area contributed by atoms with Crippen molar-refractivity contribution in [2.75, 3.05) is 19.8 Å². The zero-order chi connectivity index (χ0) is 13.9. The normalized spacial score (nSPS) is 10.4. The largest absolute Gasteiger partial charge is 0.491 e. The molecular weight excluding hydrogens is 258 g/mol. The van der Waals surface area contributed by atoms with Gasteiger partial charge in [-0.3, -0.25) is 0 Å². The van der Waals surface area contributed by atoms with Crippen LogP contribution in [-0.4, -0.2) is 24.8 Å². The topological polar surface area (TPSA) is 44.5 Å². The highest BCUT2D eigenvalue weighted by Gasteiger charge is 1.99. The Hall–Kier alpha value is -1.13. The smallest absolute Gasteiger partial charge is 0.120 e. The molecule has 4 heteroatoms. The lowest BCUT2D eigenvalue weighted by Gasteiger charge is -2.08. The molecule has 0 amide bonds. The highest BCUT2D eigenvalue weighted by molar-refractivity contribution is 7.80. The van der Waals surface area contributed by atoms with Gasteiger partial charge in [-0.2, -0.15) is 0 Å². The summed E-state index contributed by atoms with van der Waals surface area (Å²) >= 11 is 4.92. The molecule has 0 saturated heterocycles. The maximum absolute atomic E-state index is 5.58. The van der Waals surface area contributed by atoms with Crippen molar-refractivity contribution < 1.29 is 9.47 Å². The Morgan fingerprint density at radius 3 is 2.74 bits per heavy atom. The fraction of sp³-hybridized carbons (Fsp3) is 0.533. The average Bonchev–Trinajstić information content (AvgIpc) is 2.42. The number of hydrogen-bond acceptors (Lipinski definition) is 3. The zero-order valence-electron chi connectivity index (χ0n) is 11.6. The van der Waals surface area contributed by atoms with Crippen LogP contribution < -0.4 is 10.5 Å². The molecule has 19 heavy (non-hydrogen) atoms. The summed E-state index contributed by atoms with van der Waals surface area (Å²) in [4.78, 5) is 0.387. The minimum Gasteiger partial charge on any atom is -0.491 e. The van der Waals surface area contributed by atoms with Crippen LogP contribution in [0, 0.1) is 0 Å². The van der Waals surface area contributed by atoms with Crippen molar-refractivity contribution in [3.63, 3.8) is 0 Å². The summed E-state index contributed by atoms with van der Waals surface area (Å²) in [5, 5.41) is 0. The van der Waals surface area contributed by atoms with Crippen molar-refractivity contribution in [2.45, 2.75) is 32.6 Å². The van der Waals surface area contributed by atoms with Gasteiger partial charge in [-0.05, 0) is 18.6 Å². The molecule has 0 aliphatic rings. The molecule has 0 atom stereocenters. The Bertz CT molecular complexity index is 382. The van der Waals surface area contributed by atoms with Crippen LogP contribution in [0.1, 0.15) is 38.2 Å². The second-order valence-electron chi connectivity index (χ2n) is 4.41. The first kappa shape index (κ1) is 15.9. The summed E-state index contributed by atoms with van der Waals surface area (Å²) in [6.45, 7) is 4.18. The molecule has 3 nitrogen and oxygen atoms in total. The molecule has 0 unspecified atom stereocenters. The van der Waals surface area contributed by atoms with Crippen molar-refractivity contribution in [1.29, 1.82) is 0 Å². The number of benzene rings is 1. The van der Waals surface area contributed by atoms with E-state index in [2.05, 4.69) is 6.92 Å². The fourth-order valence-electron chi connectivity index (χ4n) is 1.69. The first-order valence-corrected chi connectivity index (χ1v) is 7.25. The molecule has 0 fully saturated rings. The molecule has 2 N–H and O–H groups in total. The Morgan fingerprint density at radius 1 is 1.16 bits per heavy atom. The molecule has 1 aromatic rings. The molecule has 0 aliphatic carbocycles. The number of nitrogens with two attached hydrogens (primary N) is 1. The molecule has 0 aliphatic heterocycles. The summed E-state index contributed by atoms with van der Waals surface area (Å²) in [7, 11) is 0. The summed E-state index contributed by atoms with van der Waals surface area (Å²) in [5.74, 6) is 0.778. The first-order chi connectivity index (χ1) is 9.24. The van der Waals surface area contributed by atoms with Gasteiger partial charge in [-0.25, -0.2) is 0 Å². The van der Waals surface area contributed by atoms with Crippen LogP contribution >= 0.6 is 12.2 Å². The standard InChI is InChI=1S/C15H23NO2S/c1-2-3-4-5-9-17-10-11-18-14-8-6-7-13(12-14)15(16)19/h6-8,12H,2-5,9-11H2,1H3,(H2,16,19). The number of thiocarbonyl (C=S) groups is 1. The predicted molar refractivity (Wildman–Crippen MR) is 82.8 cm³/mol. The molecule has 1 rings (SSSR count). The lowest BCUT2D eigenvalue weighted by molar-refractivity contribution is 0.0971. The van der Waals surface area contributed by atoms with E-state index in [1.807, 2.05) is 24.3 Å². The molecule has 0 aromatic heterocycles. The lowest BCUT2D eigenvalue weighted by Crippen LogP contribution is -2.10. The maximum Gasteiger partial charge on any atom is 0.120 e. The average molecular weight is 281 g/mol. The van der Waals surface area contributed by atoms with Crippen molar-refractivity contribution in [1.82, 2.24) is 0 Å². The maximum atomic E-state index is 5.58. The molecule has 0 heterocycles. The third kappa shape index (κ3) is 7.13. The van der Waals surface area contributed by atoms with E-state index in [9.17, 15) is 0 Å². The molecule has 0 bridgehead atoms. The third-order valence-electron chi connectivity index (χ3n) is 2.76. The minimum atomic E-state index is 0.387. The molecule has 1 aromatic carbocycles. The SMILES string of the molecule is CCCCCCOCCOc1cccc(C(N)=S)c1. The summed E-state index contributed by atoms with van der Waals surface area (Å²) < 4.78 is 11.1. The quantitative estimate of drug-likeness (QED) is 0.528. The Morgan fingerprint density at radius 2 is 2.00 bits per heavy atom. The molecular formula is C15H23NO2S. The highest BCUT2D eigenvalue weighted by Crippen LogP contribution is 2.13. The Balaban J connectivity index is 2.12. The second kappa shape index (κ2) is 9.75. The predicted octanol–water partition coefficient (Wildman–Crippen LogP) is 3.30.